The average molecular weight is 820 g/mol. The Balaban J connectivity index is 1.15. The normalized spacial score (nSPS) is 12.6. The van der Waals surface area contributed by atoms with Crippen LogP contribution < -0.4 is 4.90 Å². The summed E-state index contributed by atoms with van der Waals surface area (Å²) in [5.74, 6) is 0. The lowest BCUT2D eigenvalue weighted by Crippen LogP contribution is -2.28. The third-order valence-electron chi connectivity index (χ3n) is 13.0. The Hall–Kier alpha value is -7.78. The molecular weight excluding hydrogens is 779 g/mol. The summed E-state index contributed by atoms with van der Waals surface area (Å²) in [6, 6.07) is 91.6. The van der Waals surface area contributed by atoms with Crippen LogP contribution in [0, 0.1) is 0 Å². The fourth-order valence-corrected chi connectivity index (χ4v) is 11.5. The lowest BCUT2D eigenvalue weighted by molar-refractivity contribution is 0.768. The molecule has 1 heterocycles. The van der Waals surface area contributed by atoms with Gasteiger partial charge >= 0.3 is 0 Å². The maximum absolute atomic E-state index is 2.54. The van der Waals surface area contributed by atoms with E-state index < -0.39 is 5.41 Å². The smallest absolute Gasteiger partial charge is 0.0714 e. The van der Waals surface area contributed by atoms with E-state index in [1.165, 1.54) is 81.4 Å². The minimum atomic E-state index is -0.529. The summed E-state index contributed by atoms with van der Waals surface area (Å²) in [5.41, 5.74) is 17.6. The molecule has 0 bridgehead atoms. The fourth-order valence-electron chi connectivity index (χ4n) is 10.4. The molecular formula is C61H41NS. The molecule has 0 spiro atoms. The number of hydrogen-bond acceptors (Lipinski definition) is 2. The van der Waals surface area contributed by atoms with Crippen LogP contribution in [0.3, 0.4) is 0 Å². The van der Waals surface area contributed by atoms with E-state index in [4.69, 9.17) is 0 Å². The van der Waals surface area contributed by atoms with Gasteiger partial charge in [-0.25, -0.2) is 0 Å². The predicted octanol–water partition coefficient (Wildman–Crippen LogP) is 16.9. The first-order valence-electron chi connectivity index (χ1n) is 21.7. The van der Waals surface area contributed by atoms with Crippen LogP contribution in [0.25, 0.3) is 64.7 Å². The van der Waals surface area contributed by atoms with Gasteiger partial charge in [0.25, 0.3) is 0 Å². The Kier molecular flexibility index (Phi) is 8.98. The highest BCUT2D eigenvalue weighted by Crippen LogP contribution is 2.60. The summed E-state index contributed by atoms with van der Waals surface area (Å²) >= 11 is 1.87. The summed E-state index contributed by atoms with van der Waals surface area (Å²) in [5, 5.41) is 2.58. The number of rotatable bonds is 8. The van der Waals surface area contributed by atoms with E-state index in [1.807, 2.05) is 11.3 Å². The summed E-state index contributed by atoms with van der Waals surface area (Å²) in [7, 11) is 0. The van der Waals surface area contributed by atoms with Crippen molar-refractivity contribution in [2.75, 3.05) is 4.90 Å². The highest BCUT2D eigenvalue weighted by Gasteiger charge is 2.47. The van der Waals surface area contributed by atoms with Gasteiger partial charge in [-0.15, -0.1) is 11.3 Å². The maximum Gasteiger partial charge on any atom is 0.0714 e. The minimum absolute atomic E-state index is 0.529. The Morgan fingerprint density at radius 2 is 0.810 bits per heavy atom. The Labute approximate surface area is 372 Å². The van der Waals surface area contributed by atoms with Crippen LogP contribution in [-0.4, -0.2) is 0 Å². The van der Waals surface area contributed by atoms with E-state index in [0.29, 0.717) is 0 Å². The molecule has 0 atom stereocenters. The van der Waals surface area contributed by atoms with Crippen molar-refractivity contribution in [1.82, 2.24) is 0 Å². The zero-order valence-corrected chi connectivity index (χ0v) is 35.3. The number of fused-ring (bicyclic) bond motifs is 6. The average Bonchev–Trinajstić information content (AvgIpc) is 3.89. The first kappa shape index (κ1) is 37.0. The van der Waals surface area contributed by atoms with Crippen molar-refractivity contribution in [2.24, 2.45) is 0 Å². The van der Waals surface area contributed by atoms with E-state index in [2.05, 4.69) is 254 Å². The Morgan fingerprint density at radius 1 is 0.317 bits per heavy atom. The second-order valence-corrected chi connectivity index (χ2v) is 17.4. The minimum Gasteiger partial charge on any atom is -0.309 e. The van der Waals surface area contributed by atoms with Crippen LogP contribution in [0.15, 0.2) is 249 Å². The number of anilines is 3. The topological polar surface area (TPSA) is 3.24 Å². The molecule has 1 aromatic heterocycles. The van der Waals surface area contributed by atoms with Gasteiger partial charge in [0.1, 0.15) is 0 Å². The summed E-state index contributed by atoms with van der Waals surface area (Å²) < 4.78 is 2.57. The molecule has 11 aromatic rings. The molecule has 0 radical (unpaired) electrons. The number of benzene rings is 10. The largest absolute Gasteiger partial charge is 0.309 e. The number of thiophene rings is 1. The fraction of sp³-hybridized carbons (Fsp3) is 0.0164. The van der Waals surface area contributed by atoms with Crippen LogP contribution >= 0.6 is 11.3 Å². The van der Waals surface area contributed by atoms with E-state index in [9.17, 15) is 0 Å². The van der Waals surface area contributed by atoms with Crippen LogP contribution in [0.4, 0.5) is 17.1 Å². The van der Waals surface area contributed by atoms with Crippen molar-refractivity contribution in [1.29, 1.82) is 0 Å². The monoisotopic (exact) mass is 819 g/mol. The molecule has 2 heteroatoms. The number of hydrogen-bond donors (Lipinski definition) is 0. The summed E-state index contributed by atoms with van der Waals surface area (Å²) in [4.78, 5) is 2.54. The lowest BCUT2D eigenvalue weighted by atomic mass is 9.68. The van der Waals surface area contributed by atoms with Gasteiger partial charge in [-0.1, -0.05) is 218 Å². The second-order valence-electron chi connectivity index (χ2n) is 16.3. The molecule has 0 fully saturated rings. The molecule has 0 aliphatic heterocycles. The molecule has 63 heavy (non-hydrogen) atoms. The van der Waals surface area contributed by atoms with Gasteiger partial charge in [-0.05, 0) is 86.0 Å². The van der Waals surface area contributed by atoms with Crippen molar-refractivity contribution < 1.29 is 0 Å². The summed E-state index contributed by atoms with van der Waals surface area (Å²) in [6.45, 7) is 0. The third-order valence-corrected chi connectivity index (χ3v) is 14.1. The SMILES string of the molecule is c1ccc(-c2ccccc2-c2ccccc2-c2ccccc2N(c2ccc3c(c2)sc2ccccc23)c2cccc3c2-c2ccccc2C3(c2ccccc2)c2ccccc2)cc1. The maximum atomic E-state index is 2.54. The molecule has 0 amide bonds. The van der Waals surface area contributed by atoms with Gasteiger partial charge < -0.3 is 4.90 Å². The first-order chi connectivity index (χ1) is 31.3. The molecule has 296 valence electrons. The third kappa shape index (κ3) is 5.91. The lowest BCUT2D eigenvalue weighted by Gasteiger charge is -2.34. The van der Waals surface area contributed by atoms with Crippen molar-refractivity contribution in [3.05, 3.63) is 271 Å². The van der Waals surface area contributed by atoms with Gasteiger partial charge in [-0.3, -0.25) is 0 Å². The van der Waals surface area contributed by atoms with E-state index >= 15 is 0 Å². The van der Waals surface area contributed by atoms with Gasteiger partial charge in [0.05, 0.1) is 16.8 Å². The van der Waals surface area contributed by atoms with E-state index in [-0.39, 0.29) is 0 Å². The zero-order valence-electron chi connectivity index (χ0n) is 34.5. The van der Waals surface area contributed by atoms with Gasteiger partial charge in [0, 0.05) is 37.0 Å². The van der Waals surface area contributed by atoms with Crippen molar-refractivity contribution in [3.8, 4) is 44.5 Å². The second kappa shape index (κ2) is 15.3. The van der Waals surface area contributed by atoms with Crippen molar-refractivity contribution >= 4 is 48.6 Å². The summed E-state index contributed by atoms with van der Waals surface area (Å²) in [6.07, 6.45) is 0. The number of nitrogens with zero attached hydrogens (tertiary/aromatic N) is 1. The molecule has 0 unspecified atom stereocenters. The molecule has 1 aliphatic carbocycles. The molecule has 10 aromatic carbocycles. The Bertz CT molecular complexity index is 3420. The Morgan fingerprint density at radius 3 is 1.52 bits per heavy atom. The molecule has 12 rings (SSSR count). The predicted molar refractivity (Wildman–Crippen MR) is 268 cm³/mol. The highest BCUT2D eigenvalue weighted by atomic mass is 32.1. The van der Waals surface area contributed by atoms with Crippen molar-refractivity contribution in [3.63, 3.8) is 0 Å². The molecule has 0 saturated heterocycles. The zero-order chi connectivity index (χ0) is 41.7. The van der Waals surface area contributed by atoms with Crippen molar-refractivity contribution in [2.45, 2.75) is 5.41 Å². The van der Waals surface area contributed by atoms with Crippen LogP contribution in [0.2, 0.25) is 0 Å². The number of para-hydroxylation sites is 1. The molecule has 1 aliphatic rings. The quantitative estimate of drug-likeness (QED) is 0.148. The molecule has 1 nitrogen and oxygen atoms in total. The van der Waals surface area contributed by atoms with Crippen LogP contribution in [0.1, 0.15) is 22.3 Å². The molecule has 0 saturated carbocycles. The van der Waals surface area contributed by atoms with Gasteiger partial charge in [0.15, 0.2) is 0 Å². The first-order valence-corrected chi connectivity index (χ1v) is 22.5. The van der Waals surface area contributed by atoms with E-state index in [0.717, 1.165) is 22.6 Å². The van der Waals surface area contributed by atoms with E-state index in [1.54, 1.807) is 0 Å². The standard InChI is InChI=1S/C61H41NS/c1-4-21-42(22-5-1)46-27-10-11-28-47(46)48-29-12-13-30-49(48)50-31-15-18-36-56(50)62(45-39-40-52-51-32-16-19-38-58(51)63-59(52)41-45)57-37-20-35-55-60(57)53-33-14-17-34-54(53)61(55,43-23-6-2-7-24-43)44-25-8-3-9-26-44/h1-41H. The van der Waals surface area contributed by atoms with Gasteiger partial charge in [0.2, 0.25) is 0 Å². The van der Waals surface area contributed by atoms with Crippen LogP contribution in [0.5, 0.6) is 0 Å². The highest BCUT2D eigenvalue weighted by molar-refractivity contribution is 7.25. The van der Waals surface area contributed by atoms with Crippen LogP contribution in [-0.2, 0) is 5.41 Å². The molecule has 0 N–H and O–H groups in total. The van der Waals surface area contributed by atoms with Gasteiger partial charge in [-0.2, -0.15) is 0 Å².